The van der Waals surface area contributed by atoms with Gasteiger partial charge in [0, 0.05) is 27.4 Å². The van der Waals surface area contributed by atoms with Crippen LogP contribution in [0.4, 0.5) is 5.69 Å². The summed E-state index contributed by atoms with van der Waals surface area (Å²) < 4.78 is 17.6. The van der Waals surface area contributed by atoms with E-state index in [1.165, 1.54) is 0 Å². The van der Waals surface area contributed by atoms with E-state index in [1.54, 1.807) is 30.3 Å². The Morgan fingerprint density at radius 2 is 1.90 bits per heavy atom. The first-order chi connectivity index (χ1) is 9.65. The van der Waals surface area contributed by atoms with Gasteiger partial charge in [0.2, 0.25) is 0 Å². The van der Waals surface area contributed by atoms with Crippen LogP contribution in [0.15, 0.2) is 53.4 Å². The van der Waals surface area contributed by atoms with Crippen LogP contribution < -0.4 is 10.5 Å². The molecule has 0 bridgehead atoms. The SMILES string of the molecule is Nc1cccc(OCCCS(=O)c2ccc(Cl)cc2)c1. The Bertz CT molecular complexity index is 587. The number of rotatable bonds is 6. The molecule has 5 heteroatoms. The molecule has 0 aromatic heterocycles. The Hall–Kier alpha value is -1.52. The Morgan fingerprint density at radius 3 is 2.60 bits per heavy atom. The van der Waals surface area contributed by atoms with Crippen molar-refractivity contribution in [1.82, 2.24) is 0 Å². The second kappa shape index (κ2) is 7.31. The van der Waals surface area contributed by atoms with Gasteiger partial charge in [-0.1, -0.05) is 17.7 Å². The standard InChI is InChI=1S/C15H16ClNO2S/c16-12-5-7-15(8-6-12)20(18)10-2-9-19-14-4-1-3-13(17)11-14/h1,3-8,11H,2,9-10,17H2. The van der Waals surface area contributed by atoms with Crippen LogP contribution in [0.25, 0.3) is 0 Å². The molecule has 0 spiro atoms. The zero-order chi connectivity index (χ0) is 14.4. The Morgan fingerprint density at radius 1 is 1.15 bits per heavy atom. The van der Waals surface area contributed by atoms with Crippen LogP contribution in [-0.4, -0.2) is 16.6 Å². The third-order valence-corrected chi connectivity index (χ3v) is 4.39. The summed E-state index contributed by atoms with van der Waals surface area (Å²) in [5.74, 6) is 1.30. The molecule has 0 aliphatic carbocycles. The van der Waals surface area contributed by atoms with Gasteiger partial charge in [-0.2, -0.15) is 0 Å². The molecule has 0 aliphatic rings. The van der Waals surface area contributed by atoms with Gasteiger partial charge in [0.05, 0.1) is 17.4 Å². The van der Waals surface area contributed by atoms with E-state index in [0.29, 0.717) is 29.5 Å². The van der Waals surface area contributed by atoms with Gasteiger partial charge >= 0.3 is 0 Å². The van der Waals surface area contributed by atoms with Gasteiger partial charge in [0.25, 0.3) is 0 Å². The lowest BCUT2D eigenvalue weighted by atomic mass is 10.3. The van der Waals surface area contributed by atoms with Crippen LogP contribution in [0.5, 0.6) is 5.75 Å². The van der Waals surface area contributed by atoms with Crippen LogP contribution in [0.3, 0.4) is 0 Å². The zero-order valence-corrected chi connectivity index (χ0v) is 12.5. The molecular weight excluding hydrogens is 294 g/mol. The molecule has 106 valence electrons. The lowest BCUT2D eigenvalue weighted by molar-refractivity contribution is 0.318. The van der Waals surface area contributed by atoms with Crippen molar-refractivity contribution >= 4 is 28.1 Å². The van der Waals surface area contributed by atoms with Crippen molar-refractivity contribution in [3.05, 3.63) is 53.6 Å². The second-order valence-electron chi connectivity index (χ2n) is 4.28. The first-order valence-electron chi connectivity index (χ1n) is 6.27. The van der Waals surface area contributed by atoms with Crippen LogP contribution >= 0.6 is 11.6 Å². The molecule has 2 aromatic carbocycles. The van der Waals surface area contributed by atoms with E-state index in [9.17, 15) is 4.21 Å². The molecule has 0 radical (unpaired) electrons. The fourth-order valence-electron chi connectivity index (χ4n) is 1.69. The van der Waals surface area contributed by atoms with E-state index in [-0.39, 0.29) is 0 Å². The minimum absolute atomic E-state index is 0.517. The average Bonchev–Trinajstić information content (AvgIpc) is 2.44. The smallest absolute Gasteiger partial charge is 0.121 e. The summed E-state index contributed by atoms with van der Waals surface area (Å²) in [4.78, 5) is 0.790. The fourth-order valence-corrected chi connectivity index (χ4v) is 2.87. The Kier molecular flexibility index (Phi) is 5.44. The summed E-state index contributed by atoms with van der Waals surface area (Å²) in [6.45, 7) is 0.517. The predicted octanol–water partition coefficient (Wildman–Crippen LogP) is 3.50. The first-order valence-corrected chi connectivity index (χ1v) is 7.97. The molecule has 0 aliphatic heterocycles. The molecule has 2 rings (SSSR count). The van der Waals surface area contributed by atoms with E-state index in [1.807, 2.05) is 18.2 Å². The predicted molar refractivity (Wildman–Crippen MR) is 83.7 cm³/mol. The number of benzene rings is 2. The summed E-state index contributed by atoms with van der Waals surface area (Å²) in [6.07, 6.45) is 0.712. The normalized spacial score (nSPS) is 12.1. The highest BCUT2D eigenvalue weighted by atomic mass is 35.5. The molecule has 0 heterocycles. The number of ether oxygens (including phenoxy) is 1. The molecule has 3 nitrogen and oxygen atoms in total. The molecule has 0 saturated carbocycles. The molecule has 0 amide bonds. The first kappa shape index (κ1) is 14.9. The van der Waals surface area contributed by atoms with Crippen molar-refractivity contribution in [3.8, 4) is 5.75 Å². The van der Waals surface area contributed by atoms with E-state index < -0.39 is 10.8 Å². The van der Waals surface area contributed by atoms with E-state index in [4.69, 9.17) is 22.1 Å². The molecule has 2 N–H and O–H groups in total. The minimum Gasteiger partial charge on any atom is -0.493 e. The third kappa shape index (κ3) is 4.54. The minimum atomic E-state index is -1.02. The molecular formula is C15H16ClNO2S. The lowest BCUT2D eigenvalue weighted by Gasteiger charge is -2.07. The average molecular weight is 310 g/mol. The van der Waals surface area contributed by atoms with E-state index in [2.05, 4.69) is 0 Å². The molecule has 20 heavy (non-hydrogen) atoms. The quantitative estimate of drug-likeness (QED) is 0.656. The summed E-state index contributed by atoms with van der Waals surface area (Å²) in [6, 6.07) is 14.4. The van der Waals surface area contributed by atoms with Crippen LogP contribution in [0, 0.1) is 0 Å². The topological polar surface area (TPSA) is 52.3 Å². The number of hydrogen-bond donors (Lipinski definition) is 1. The van der Waals surface area contributed by atoms with Gasteiger partial charge in [-0.3, -0.25) is 4.21 Å². The van der Waals surface area contributed by atoms with Crippen molar-refractivity contribution in [3.63, 3.8) is 0 Å². The van der Waals surface area contributed by atoms with E-state index >= 15 is 0 Å². The highest BCUT2D eigenvalue weighted by molar-refractivity contribution is 7.85. The summed E-state index contributed by atoms with van der Waals surface area (Å²) in [5.41, 5.74) is 6.33. The second-order valence-corrected chi connectivity index (χ2v) is 6.29. The van der Waals surface area contributed by atoms with Crippen molar-refractivity contribution < 1.29 is 8.95 Å². The largest absolute Gasteiger partial charge is 0.493 e. The molecule has 1 unspecified atom stereocenters. The van der Waals surface area contributed by atoms with Crippen LogP contribution in [0.1, 0.15) is 6.42 Å². The van der Waals surface area contributed by atoms with Gasteiger partial charge in [0.15, 0.2) is 0 Å². The van der Waals surface area contributed by atoms with Crippen LogP contribution in [-0.2, 0) is 10.8 Å². The summed E-state index contributed by atoms with van der Waals surface area (Å²) in [5, 5.41) is 0.649. The molecule has 2 aromatic rings. The Labute approximate surface area is 126 Å². The molecule has 0 fully saturated rings. The number of anilines is 1. The number of nitrogen functional groups attached to an aromatic ring is 1. The maximum absolute atomic E-state index is 12.0. The number of nitrogens with two attached hydrogens (primary N) is 1. The highest BCUT2D eigenvalue weighted by Crippen LogP contribution is 2.15. The lowest BCUT2D eigenvalue weighted by Crippen LogP contribution is -2.05. The maximum Gasteiger partial charge on any atom is 0.121 e. The zero-order valence-electron chi connectivity index (χ0n) is 10.9. The van der Waals surface area contributed by atoms with Gasteiger partial charge in [0.1, 0.15) is 5.75 Å². The summed E-state index contributed by atoms with van der Waals surface area (Å²) in [7, 11) is -1.02. The molecule has 0 saturated heterocycles. The van der Waals surface area contributed by atoms with Crippen molar-refractivity contribution in [2.24, 2.45) is 0 Å². The molecule has 1 atom stereocenters. The van der Waals surface area contributed by atoms with Crippen molar-refractivity contribution in [1.29, 1.82) is 0 Å². The Balaban J connectivity index is 1.76. The monoisotopic (exact) mass is 309 g/mol. The van der Waals surface area contributed by atoms with Crippen molar-refractivity contribution in [2.45, 2.75) is 11.3 Å². The van der Waals surface area contributed by atoms with E-state index in [0.717, 1.165) is 10.6 Å². The third-order valence-electron chi connectivity index (χ3n) is 2.68. The van der Waals surface area contributed by atoms with Gasteiger partial charge in [-0.25, -0.2) is 0 Å². The fraction of sp³-hybridized carbons (Fsp3) is 0.200. The van der Waals surface area contributed by atoms with Gasteiger partial charge in [-0.15, -0.1) is 0 Å². The highest BCUT2D eigenvalue weighted by Gasteiger charge is 2.04. The van der Waals surface area contributed by atoms with Gasteiger partial charge < -0.3 is 10.5 Å². The van der Waals surface area contributed by atoms with Crippen molar-refractivity contribution in [2.75, 3.05) is 18.1 Å². The maximum atomic E-state index is 12.0. The van der Waals surface area contributed by atoms with Gasteiger partial charge in [-0.05, 0) is 42.8 Å². The number of hydrogen-bond acceptors (Lipinski definition) is 3. The summed E-state index contributed by atoms with van der Waals surface area (Å²) >= 11 is 5.79. The number of halogens is 1. The van der Waals surface area contributed by atoms with Crippen LogP contribution in [0.2, 0.25) is 5.02 Å².